The van der Waals surface area contributed by atoms with Crippen LogP contribution < -0.4 is 5.32 Å². The Hall–Kier alpha value is -1.83. The summed E-state index contributed by atoms with van der Waals surface area (Å²) in [4.78, 5) is 0. The fourth-order valence-corrected chi connectivity index (χ4v) is 2.89. The quantitative estimate of drug-likeness (QED) is 0.792. The molecule has 98 valence electrons. The topological polar surface area (TPSA) is 12.0 Å². The maximum atomic E-state index is 13.4. The normalized spacial score (nSPS) is 21.6. The largest absolute Gasteiger partial charge is 0.378 e. The number of nitrogens with one attached hydrogen (secondary N) is 1. The second-order valence-corrected chi connectivity index (χ2v) is 5.47. The van der Waals surface area contributed by atoms with Crippen LogP contribution in [0.5, 0.6) is 0 Å². The molecule has 0 amide bonds. The predicted octanol–water partition coefficient (Wildman–Crippen LogP) is 4.48. The Morgan fingerprint density at radius 3 is 2.74 bits per heavy atom. The number of hydrogen-bond donors (Lipinski definition) is 1. The fourth-order valence-electron chi connectivity index (χ4n) is 2.89. The molecule has 0 spiro atoms. The van der Waals surface area contributed by atoms with Gasteiger partial charge in [0.15, 0.2) is 0 Å². The number of fused-ring (bicyclic) bond motifs is 1. The smallest absolute Gasteiger partial charge is 0.126 e. The lowest BCUT2D eigenvalue weighted by Crippen LogP contribution is -2.26. The Morgan fingerprint density at radius 2 is 1.95 bits per heavy atom. The number of para-hydroxylation sites is 1. The molecule has 2 aromatic carbocycles. The first-order valence-electron chi connectivity index (χ1n) is 6.75. The molecule has 0 saturated heterocycles. The van der Waals surface area contributed by atoms with Gasteiger partial charge in [-0.15, -0.1) is 0 Å². The van der Waals surface area contributed by atoms with Crippen LogP contribution in [0.4, 0.5) is 10.1 Å². The van der Waals surface area contributed by atoms with Gasteiger partial charge in [0, 0.05) is 5.69 Å². The van der Waals surface area contributed by atoms with Crippen LogP contribution in [0.25, 0.3) is 0 Å². The molecular weight excluding hydrogens is 237 g/mol. The van der Waals surface area contributed by atoms with E-state index in [1.165, 1.54) is 16.8 Å². The lowest BCUT2D eigenvalue weighted by Gasteiger charge is -2.33. The van der Waals surface area contributed by atoms with E-state index in [1.54, 1.807) is 6.07 Å². The summed E-state index contributed by atoms with van der Waals surface area (Å²) in [6, 6.07) is 14.1. The summed E-state index contributed by atoms with van der Waals surface area (Å²) in [5.74, 6) is 0.368. The van der Waals surface area contributed by atoms with Crippen LogP contribution in [0.3, 0.4) is 0 Å². The van der Waals surface area contributed by atoms with Crippen LogP contribution in [0, 0.1) is 18.7 Å². The monoisotopic (exact) mass is 255 g/mol. The molecule has 0 aromatic heterocycles. The molecule has 1 aliphatic rings. The Bertz CT molecular complexity index is 606. The molecule has 2 heteroatoms. The second kappa shape index (κ2) is 4.69. The highest BCUT2D eigenvalue weighted by atomic mass is 19.1. The van der Waals surface area contributed by atoms with Gasteiger partial charge in [-0.1, -0.05) is 37.3 Å². The molecule has 2 aromatic rings. The van der Waals surface area contributed by atoms with Gasteiger partial charge in [-0.25, -0.2) is 4.39 Å². The fraction of sp³-hybridized carbons (Fsp3) is 0.294. The van der Waals surface area contributed by atoms with Gasteiger partial charge < -0.3 is 5.32 Å². The van der Waals surface area contributed by atoms with Crippen molar-refractivity contribution < 1.29 is 4.39 Å². The molecule has 0 aliphatic carbocycles. The van der Waals surface area contributed by atoms with E-state index in [9.17, 15) is 4.39 Å². The van der Waals surface area contributed by atoms with Gasteiger partial charge in [-0.05, 0) is 48.1 Å². The average Bonchev–Trinajstić information content (AvgIpc) is 2.41. The maximum absolute atomic E-state index is 13.4. The van der Waals surface area contributed by atoms with Gasteiger partial charge >= 0.3 is 0 Å². The van der Waals surface area contributed by atoms with Crippen LogP contribution >= 0.6 is 0 Å². The Labute approximate surface area is 113 Å². The first kappa shape index (κ1) is 12.2. The van der Waals surface area contributed by atoms with Crippen molar-refractivity contribution in [3.8, 4) is 0 Å². The number of halogens is 1. The third-order valence-corrected chi connectivity index (χ3v) is 3.98. The summed E-state index contributed by atoms with van der Waals surface area (Å²) in [7, 11) is 0. The zero-order valence-electron chi connectivity index (χ0n) is 11.3. The van der Waals surface area contributed by atoms with Gasteiger partial charge in [0.05, 0.1) is 6.04 Å². The maximum Gasteiger partial charge on any atom is 0.126 e. The van der Waals surface area contributed by atoms with Crippen molar-refractivity contribution in [1.29, 1.82) is 0 Å². The highest BCUT2D eigenvalue weighted by molar-refractivity contribution is 5.55. The standard InChI is InChI=1S/C17H18FN/c1-11-9-14(7-8-15(11)18)17-12(2)10-13-5-3-4-6-16(13)19-17/h3-9,12,17,19H,10H2,1-2H3. The first-order chi connectivity index (χ1) is 9.15. The highest BCUT2D eigenvalue weighted by Gasteiger charge is 2.25. The van der Waals surface area contributed by atoms with Crippen molar-refractivity contribution >= 4 is 5.69 Å². The molecule has 19 heavy (non-hydrogen) atoms. The summed E-state index contributed by atoms with van der Waals surface area (Å²) < 4.78 is 13.4. The van der Waals surface area contributed by atoms with Gasteiger partial charge in [0.25, 0.3) is 0 Å². The predicted molar refractivity (Wildman–Crippen MR) is 76.8 cm³/mol. The molecular formula is C17H18FN. The molecule has 1 heterocycles. The molecule has 0 fully saturated rings. The summed E-state index contributed by atoms with van der Waals surface area (Å²) in [5.41, 5.74) is 4.45. The molecule has 1 aliphatic heterocycles. The summed E-state index contributed by atoms with van der Waals surface area (Å²) in [5, 5.41) is 3.59. The van der Waals surface area contributed by atoms with E-state index in [1.807, 2.05) is 19.1 Å². The van der Waals surface area contributed by atoms with Crippen LogP contribution in [0.15, 0.2) is 42.5 Å². The Morgan fingerprint density at radius 1 is 1.16 bits per heavy atom. The van der Waals surface area contributed by atoms with E-state index in [2.05, 4.69) is 36.5 Å². The minimum atomic E-state index is -0.132. The summed E-state index contributed by atoms with van der Waals surface area (Å²) >= 11 is 0. The molecule has 0 saturated carbocycles. The molecule has 1 N–H and O–H groups in total. The van der Waals surface area contributed by atoms with Gasteiger partial charge in [0.1, 0.15) is 5.82 Å². The minimum Gasteiger partial charge on any atom is -0.378 e. The molecule has 2 unspecified atom stereocenters. The van der Waals surface area contributed by atoms with Crippen LogP contribution in [0.2, 0.25) is 0 Å². The Balaban J connectivity index is 1.96. The minimum absolute atomic E-state index is 0.132. The SMILES string of the molecule is Cc1cc(C2Nc3ccccc3CC2C)ccc1F. The third kappa shape index (κ3) is 2.23. The Kier molecular flexibility index (Phi) is 3.02. The summed E-state index contributed by atoms with van der Waals surface area (Å²) in [6.45, 7) is 4.06. The van der Waals surface area contributed by atoms with Crippen molar-refractivity contribution in [1.82, 2.24) is 0 Å². The van der Waals surface area contributed by atoms with Crippen LogP contribution in [-0.4, -0.2) is 0 Å². The van der Waals surface area contributed by atoms with Crippen molar-refractivity contribution in [3.05, 3.63) is 65.0 Å². The van der Waals surface area contributed by atoms with E-state index in [-0.39, 0.29) is 11.9 Å². The number of benzene rings is 2. The molecule has 2 atom stereocenters. The lowest BCUT2D eigenvalue weighted by atomic mass is 9.84. The van der Waals surface area contributed by atoms with E-state index in [0.717, 1.165) is 6.42 Å². The van der Waals surface area contributed by atoms with Gasteiger partial charge in [-0.2, -0.15) is 0 Å². The highest BCUT2D eigenvalue weighted by Crippen LogP contribution is 2.36. The third-order valence-electron chi connectivity index (χ3n) is 3.98. The van der Waals surface area contributed by atoms with Crippen LogP contribution in [-0.2, 0) is 6.42 Å². The van der Waals surface area contributed by atoms with E-state index < -0.39 is 0 Å². The molecule has 1 nitrogen and oxygen atoms in total. The zero-order valence-corrected chi connectivity index (χ0v) is 11.3. The molecule has 0 bridgehead atoms. The second-order valence-electron chi connectivity index (χ2n) is 5.47. The van der Waals surface area contributed by atoms with Crippen molar-refractivity contribution in [2.75, 3.05) is 5.32 Å². The van der Waals surface area contributed by atoms with Gasteiger partial charge in [0.2, 0.25) is 0 Å². The lowest BCUT2D eigenvalue weighted by molar-refractivity contribution is 0.478. The summed E-state index contributed by atoms with van der Waals surface area (Å²) in [6.07, 6.45) is 1.06. The number of rotatable bonds is 1. The average molecular weight is 255 g/mol. The van der Waals surface area contributed by atoms with E-state index in [4.69, 9.17) is 0 Å². The van der Waals surface area contributed by atoms with E-state index in [0.29, 0.717) is 11.5 Å². The number of aryl methyl sites for hydroxylation is 1. The molecule has 0 radical (unpaired) electrons. The molecule has 3 rings (SSSR count). The van der Waals surface area contributed by atoms with Crippen molar-refractivity contribution in [2.24, 2.45) is 5.92 Å². The van der Waals surface area contributed by atoms with Crippen molar-refractivity contribution in [3.63, 3.8) is 0 Å². The van der Waals surface area contributed by atoms with E-state index >= 15 is 0 Å². The first-order valence-corrected chi connectivity index (χ1v) is 6.75. The van der Waals surface area contributed by atoms with Gasteiger partial charge in [-0.3, -0.25) is 0 Å². The van der Waals surface area contributed by atoms with Crippen LogP contribution in [0.1, 0.15) is 29.7 Å². The van der Waals surface area contributed by atoms with Crippen molar-refractivity contribution in [2.45, 2.75) is 26.3 Å². The zero-order chi connectivity index (χ0) is 13.4. The number of anilines is 1. The number of hydrogen-bond acceptors (Lipinski definition) is 1.